The average Bonchev–Trinajstić information content (AvgIpc) is 2.08. The zero-order chi connectivity index (χ0) is 12.9. The Morgan fingerprint density at radius 3 is 1.68 bits per heavy atom. The molecule has 0 fully saturated rings. The minimum atomic E-state index is -5.06. The fourth-order valence-electron chi connectivity index (χ4n) is 0.986. The summed E-state index contributed by atoms with van der Waals surface area (Å²) in [5, 5.41) is 25.0. The summed E-state index contributed by atoms with van der Waals surface area (Å²) in [6.07, 6.45) is 0. The Morgan fingerprint density at radius 2 is 1.47 bits per heavy atom. The third-order valence-electron chi connectivity index (χ3n) is 1.61. The predicted molar refractivity (Wildman–Crippen MR) is 70.9 cm³/mol. The molecule has 0 aliphatic carbocycles. The first-order chi connectivity index (χ1) is 7.21. The summed E-state index contributed by atoms with van der Waals surface area (Å²) in [5.41, 5.74) is 0. The number of aliphatic hydroxyl groups is 1. The van der Waals surface area contributed by atoms with E-state index in [4.69, 9.17) is 19.9 Å². The van der Waals surface area contributed by atoms with Gasteiger partial charge in [0, 0.05) is 6.54 Å². The van der Waals surface area contributed by atoms with Crippen molar-refractivity contribution in [2.75, 3.05) is 13.2 Å². The number of carboxylic acids is 2. The van der Waals surface area contributed by atoms with E-state index in [0.717, 1.165) is 0 Å². The molecule has 13 heteroatoms. The maximum atomic E-state index is 10.7. The molecule has 0 amide bonds. The Hall–Kier alpha value is 1.77. The molecule has 2 unspecified atom stereocenters. The van der Waals surface area contributed by atoms with E-state index in [1.165, 1.54) is 0 Å². The van der Waals surface area contributed by atoms with E-state index in [1.54, 1.807) is 0 Å². The van der Waals surface area contributed by atoms with Crippen LogP contribution in [0.15, 0.2) is 0 Å². The van der Waals surface area contributed by atoms with Crippen molar-refractivity contribution in [2.45, 2.75) is 11.3 Å². The number of aliphatic carboxylic acids is 2. The maximum absolute atomic E-state index is 10.7. The van der Waals surface area contributed by atoms with Crippen LogP contribution in [0.4, 0.5) is 0 Å². The van der Waals surface area contributed by atoms with Gasteiger partial charge >= 0.3 is 101 Å². The van der Waals surface area contributed by atoms with Crippen LogP contribution in [0.3, 0.4) is 0 Å². The molecule has 0 saturated heterocycles. The molecule has 0 radical (unpaired) electrons. The number of rotatable bonds is 7. The van der Waals surface area contributed by atoms with Crippen LogP contribution in [-0.2, 0) is 19.7 Å². The summed E-state index contributed by atoms with van der Waals surface area (Å²) in [6.45, 7) is -0.835. The summed E-state index contributed by atoms with van der Waals surface area (Å²) in [6, 6.07) is -2.04. The number of nitrogens with one attached hydrogen (secondary N) is 1. The molecule has 0 saturated carbocycles. The molecule has 0 rings (SSSR count). The molecule has 2 atom stereocenters. The van der Waals surface area contributed by atoms with Gasteiger partial charge in [0.15, 0.2) is 0 Å². The fourth-order valence-corrected chi connectivity index (χ4v) is 1.80. The van der Waals surface area contributed by atoms with Crippen LogP contribution < -0.4 is 5.32 Å². The van der Waals surface area contributed by atoms with E-state index >= 15 is 0 Å². The van der Waals surface area contributed by atoms with Gasteiger partial charge in [-0.2, -0.15) is 8.42 Å². The van der Waals surface area contributed by atoms with Crippen molar-refractivity contribution in [3.63, 3.8) is 0 Å². The second kappa shape index (κ2) is 13.4. The van der Waals surface area contributed by atoms with Gasteiger partial charge in [0.2, 0.25) is 5.25 Å². The van der Waals surface area contributed by atoms with Crippen molar-refractivity contribution >= 4 is 111 Å². The Bertz CT molecular complexity index is 375. The number of carbonyl (C=O) groups is 2. The first-order valence-corrected chi connectivity index (χ1v) is 5.48. The second-order valence-corrected chi connectivity index (χ2v) is 4.31. The summed E-state index contributed by atoms with van der Waals surface area (Å²) in [4.78, 5) is 21.2. The summed E-state index contributed by atoms with van der Waals surface area (Å²) in [7, 11) is -5.06. The number of hydrogen-bond donors (Lipinski definition) is 5. The predicted octanol–water partition coefficient (Wildman–Crippen LogP) is -4.58. The normalized spacial score (nSPS) is 12.9. The first-order valence-electron chi connectivity index (χ1n) is 3.98. The second-order valence-electron chi connectivity index (χ2n) is 2.77. The van der Waals surface area contributed by atoms with Crippen LogP contribution in [0, 0.1) is 0 Å². The monoisotopic (exact) mass is 329 g/mol. The van der Waals surface area contributed by atoms with Crippen molar-refractivity contribution in [3.05, 3.63) is 0 Å². The minimum absolute atomic E-state index is 0. The summed E-state index contributed by atoms with van der Waals surface area (Å²) < 4.78 is 30.0. The van der Waals surface area contributed by atoms with Gasteiger partial charge in [-0.1, -0.05) is 0 Å². The van der Waals surface area contributed by atoms with E-state index in [1.807, 2.05) is 5.32 Å². The molecule has 100 valence electrons. The third-order valence-corrected chi connectivity index (χ3v) is 2.72. The number of aliphatic hydroxyl groups excluding tert-OH is 1. The molecular weight excluding hydrogens is 315 g/mol. The Morgan fingerprint density at radius 1 is 1.05 bits per heavy atom. The van der Waals surface area contributed by atoms with Crippen LogP contribution in [0.1, 0.15) is 0 Å². The fraction of sp³-hybridized carbons (Fsp3) is 0.667. The standard InChI is InChI=1S/C6H11NO8S.3Na.3H/c8-2-1-7-3(5(9)10)4(6(11)12)16(13,14)15;;;;;;/h3-4,7-8H,1-2H2,(H,9,10)(H,11,12)(H,13,14,15);;;;;;. The number of hydrogen-bond acceptors (Lipinski definition) is 6. The van der Waals surface area contributed by atoms with E-state index in [2.05, 4.69) is 0 Å². The van der Waals surface area contributed by atoms with Crippen molar-refractivity contribution in [1.29, 1.82) is 0 Å². The molecule has 0 heterocycles. The summed E-state index contributed by atoms with van der Waals surface area (Å²) >= 11 is 0. The van der Waals surface area contributed by atoms with E-state index in [9.17, 15) is 18.0 Å². The molecule has 0 bridgehead atoms. The van der Waals surface area contributed by atoms with Gasteiger partial charge in [0.05, 0.1) is 6.61 Å². The van der Waals surface area contributed by atoms with E-state index in [-0.39, 0.29) is 95.2 Å². The van der Waals surface area contributed by atoms with Gasteiger partial charge in [-0.3, -0.25) is 14.1 Å². The Balaban J connectivity index is -0.000000375. The van der Waals surface area contributed by atoms with Crippen molar-refractivity contribution in [2.24, 2.45) is 0 Å². The Kier molecular flexibility index (Phi) is 20.4. The van der Waals surface area contributed by atoms with Crippen LogP contribution in [0.5, 0.6) is 0 Å². The van der Waals surface area contributed by atoms with Gasteiger partial charge < -0.3 is 20.6 Å². The zero-order valence-electron chi connectivity index (χ0n) is 7.90. The molecule has 0 aromatic heterocycles. The van der Waals surface area contributed by atoms with Gasteiger partial charge in [0.25, 0.3) is 10.1 Å². The molecule has 19 heavy (non-hydrogen) atoms. The molecule has 0 aromatic rings. The van der Waals surface area contributed by atoms with Gasteiger partial charge in [-0.15, -0.1) is 0 Å². The third kappa shape index (κ3) is 11.0. The van der Waals surface area contributed by atoms with Gasteiger partial charge in [0.1, 0.15) is 6.04 Å². The van der Waals surface area contributed by atoms with E-state index in [0.29, 0.717) is 0 Å². The van der Waals surface area contributed by atoms with Crippen LogP contribution in [0.2, 0.25) is 0 Å². The number of carboxylic acid groups (broad SMARTS) is 2. The molecule has 0 aliphatic rings. The van der Waals surface area contributed by atoms with Crippen molar-refractivity contribution in [3.8, 4) is 0 Å². The quantitative estimate of drug-likeness (QED) is 0.229. The molecule has 0 aliphatic heterocycles. The van der Waals surface area contributed by atoms with Crippen LogP contribution >= 0.6 is 0 Å². The molecule has 9 nitrogen and oxygen atoms in total. The molecular formula is C6H14NNa3O8S. The SMILES string of the molecule is O=C(O)C(NCCO)C(C(=O)O)S(=O)(=O)O.[NaH].[NaH].[NaH]. The molecule has 5 N–H and O–H groups in total. The van der Waals surface area contributed by atoms with Crippen molar-refractivity contribution in [1.82, 2.24) is 5.32 Å². The van der Waals surface area contributed by atoms with Gasteiger partial charge in [-0.25, -0.2) is 0 Å². The Labute approximate surface area is 176 Å². The average molecular weight is 329 g/mol. The van der Waals surface area contributed by atoms with Crippen LogP contribution in [0.25, 0.3) is 0 Å². The zero-order valence-corrected chi connectivity index (χ0v) is 8.72. The van der Waals surface area contributed by atoms with Crippen LogP contribution in [-0.4, -0.2) is 153 Å². The first kappa shape index (κ1) is 28.9. The topological polar surface area (TPSA) is 161 Å². The molecule has 0 aromatic carbocycles. The molecule has 0 spiro atoms. The van der Waals surface area contributed by atoms with Crippen molar-refractivity contribution < 1.29 is 37.9 Å². The van der Waals surface area contributed by atoms with Gasteiger partial charge in [-0.05, 0) is 0 Å². The summed E-state index contributed by atoms with van der Waals surface area (Å²) in [5.74, 6) is -3.76. The van der Waals surface area contributed by atoms with E-state index < -0.39 is 40.0 Å².